The van der Waals surface area contributed by atoms with Crippen molar-refractivity contribution in [3.63, 3.8) is 0 Å². The molecule has 1 rings (SSSR count). The van der Waals surface area contributed by atoms with E-state index in [2.05, 4.69) is 42.6 Å². The molecule has 5 heteroatoms. The Morgan fingerprint density at radius 2 is 1.75 bits per heavy atom. The SMILES string of the molecule is CC(C)N(Cc1cnc(Cl)nc1Cl)C(C)C. The number of nitrogens with zero attached hydrogens (tertiary/aromatic N) is 3. The van der Waals surface area contributed by atoms with Gasteiger partial charge in [-0.25, -0.2) is 9.97 Å². The molecule has 0 N–H and O–H groups in total. The van der Waals surface area contributed by atoms with Crippen LogP contribution in [0, 0.1) is 0 Å². The van der Waals surface area contributed by atoms with Crippen LogP contribution in [0.3, 0.4) is 0 Å². The third-order valence-electron chi connectivity index (χ3n) is 2.46. The molecule has 0 fully saturated rings. The van der Waals surface area contributed by atoms with Gasteiger partial charge in [-0.15, -0.1) is 0 Å². The molecule has 90 valence electrons. The molecule has 0 aliphatic rings. The van der Waals surface area contributed by atoms with Crippen molar-refractivity contribution >= 4 is 23.2 Å². The molecule has 3 nitrogen and oxygen atoms in total. The average Bonchev–Trinajstić information content (AvgIpc) is 2.15. The van der Waals surface area contributed by atoms with Crippen LogP contribution in [0.2, 0.25) is 10.4 Å². The Labute approximate surface area is 107 Å². The zero-order valence-corrected chi connectivity index (χ0v) is 11.5. The topological polar surface area (TPSA) is 29.0 Å². The van der Waals surface area contributed by atoms with E-state index in [0.29, 0.717) is 17.2 Å². The van der Waals surface area contributed by atoms with Gasteiger partial charge < -0.3 is 0 Å². The summed E-state index contributed by atoms with van der Waals surface area (Å²) in [6.45, 7) is 9.37. The lowest BCUT2D eigenvalue weighted by atomic mass is 10.2. The van der Waals surface area contributed by atoms with Crippen LogP contribution in [0.1, 0.15) is 33.3 Å². The molecule has 0 amide bonds. The van der Waals surface area contributed by atoms with E-state index >= 15 is 0 Å². The molecule has 0 unspecified atom stereocenters. The minimum absolute atomic E-state index is 0.189. The van der Waals surface area contributed by atoms with Gasteiger partial charge in [0.15, 0.2) is 0 Å². The summed E-state index contributed by atoms with van der Waals surface area (Å²) in [5.41, 5.74) is 0.911. The van der Waals surface area contributed by atoms with E-state index in [9.17, 15) is 0 Å². The van der Waals surface area contributed by atoms with Crippen LogP contribution in [-0.2, 0) is 6.54 Å². The largest absolute Gasteiger partial charge is 0.294 e. The maximum absolute atomic E-state index is 6.02. The summed E-state index contributed by atoms with van der Waals surface area (Å²) in [4.78, 5) is 10.2. The highest BCUT2D eigenvalue weighted by atomic mass is 35.5. The smallest absolute Gasteiger partial charge is 0.223 e. The summed E-state index contributed by atoms with van der Waals surface area (Å²) in [6, 6.07) is 0.901. The first-order valence-corrected chi connectivity index (χ1v) is 6.10. The van der Waals surface area contributed by atoms with Gasteiger partial charge >= 0.3 is 0 Å². The molecule has 0 atom stereocenters. The highest BCUT2D eigenvalue weighted by molar-refractivity contribution is 6.32. The number of hydrogen-bond donors (Lipinski definition) is 0. The number of rotatable bonds is 4. The quantitative estimate of drug-likeness (QED) is 0.615. The molecule has 0 saturated carbocycles. The molecule has 1 heterocycles. The predicted octanol–water partition coefficient (Wildman–Crippen LogP) is 3.40. The van der Waals surface area contributed by atoms with Crippen LogP contribution in [-0.4, -0.2) is 27.0 Å². The highest BCUT2D eigenvalue weighted by Crippen LogP contribution is 2.18. The lowest BCUT2D eigenvalue weighted by Gasteiger charge is -2.30. The average molecular weight is 262 g/mol. The maximum Gasteiger partial charge on any atom is 0.223 e. The minimum atomic E-state index is 0.189. The molecule has 0 saturated heterocycles. The summed E-state index contributed by atoms with van der Waals surface area (Å²) in [7, 11) is 0. The van der Waals surface area contributed by atoms with Crippen molar-refractivity contribution in [1.29, 1.82) is 0 Å². The second-order valence-electron chi connectivity index (χ2n) is 4.31. The van der Waals surface area contributed by atoms with E-state index in [1.165, 1.54) is 0 Å². The Bertz CT molecular complexity index is 345. The van der Waals surface area contributed by atoms with Crippen molar-refractivity contribution in [1.82, 2.24) is 14.9 Å². The summed E-state index contributed by atoms with van der Waals surface area (Å²) in [6.07, 6.45) is 1.69. The van der Waals surface area contributed by atoms with Crippen molar-refractivity contribution in [2.75, 3.05) is 0 Å². The summed E-state index contributed by atoms with van der Waals surface area (Å²) in [5, 5.41) is 0.626. The normalized spacial score (nSPS) is 11.8. The number of hydrogen-bond acceptors (Lipinski definition) is 3. The van der Waals surface area contributed by atoms with Gasteiger partial charge in [0.25, 0.3) is 0 Å². The Morgan fingerprint density at radius 3 is 2.19 bits per heavy atom. The fourth-order valence-electron chi connectivity index (χ4n) is 1.63. The zero-order chi connectivity index (χ0) is 12.3. The predicted molar refractivity (Wildman–Crippen MR) is 67.9 cm³/mol. The van der Waals surface area contributed by atoms with Crippen LogP contribution in [0.5, 0.6) is 0 Å². The first-order chi connectivity index (χ1) is 7.41. The van der Waals surface area contributed by atoms with E-state index in [1.54, 1.807) is 6.20 Å². The number of aromatic nitrogens is 2. The molecule has 1 aromatic heterocycles. The van der Waals surface area contributed by atoms with Gasteiger partial charge in [0.05, 0.1) is 0 Å². The summed E-state index contributed by atoms with van der Waals surface area (Å²) < 4.78 is 0. The molecular formula is C11H17Cl2N3. The van der Waals surface area contributed by atoms with Gasteiger partial charge in [-0.3, -0.25) is 4.90 Å². The van der Waals surface area contributed by atoms with Gasteiger partial charge in [0.1, 0.15) is 5.15 Å². The van der Waals surface area contributed by atoms with Crippen molar-refractivity contribution < 1.29 is 0 Å². The van der Waals surface area contributed by atoms with Gasteiger partial charge in [-0.2, -0.15) is 0 Å². The van der Waals surface area contributed by atoms with Gasteiger partial charge in [-0.05, 0) is 39.3 Å². The third-order valence-corrected chi connectivity index (χ3v) is 2.97. The standard InChI is InChI=1S/C11H17Cl2N3/c1-7(2)16(8(3)4)6-9-5-14-11(13)15-10(9)12/h5,7-8H,6H2,1-4H3. The molecule has 0 radical (unpaired) electrons. The van der Waals surface area contributed by atoms with Crippen molar-refractivity contribution in [3.8, 4) is 0 Å². The molecule has 1 aromatic rings. The third kappa shape index (κ3) is 3.58. The van der Waals surface area contributed by atoms with Crippen LogP contribution in [0.25, 0.3) is 0 Å². The second-order valence-corrected chi connectivity index (χ2v) is 5.01. The van der Waals surface area contributed by atoms with E-state index in [-0.39, 0.29) is 5.28 Å². The van der Waals surface area contributed by atoms with Crippen LogP contribution in [0.4, 0.5) is 0 Å². The minimum Gasteiger partial charge on any atom is -0.294 e. The van der Waals surface area contributed by atoms with Crippen molar-refractivity contribution in [2.24, 2.45) is 0 Å². The van der Waals surface area contributed by atoms with E-state index < -0.39 is 0 Å². The van der Waals surface area contributed by atoms with Gasteiger partial charge in [0.2, 0.25) is 5.28 Å². The molecular weight excluding hydrogens is 245 g/mol. The molecule has 0 bridgehead atoms. The molecule has 16 heavy (non-hydrogen) atoms. The molecule has 0 spiro atoms. The first kappa shape index (κ1) is 13.7. The Morgan fingerprint density at radius 1 is 1.19 bits per heavy atom. The first-order valence-electron chi connectivity index (χ1n) is 5.34. The summed E-state index contributed by atoms with van der Waals surface area (Å²) in [5.74, 6) is 0. The molecule has 0 aliphatic carbocycles. The lowest BCUT2D eigenvalue weighted by molar-refractivity contribution is 0.165. The van der Waals surface area contributed by atoms with Crippen LogP contribution in [0.15, 0.2) is 6.20 Å². The van der Waals surface area contributed by atoms with E-state index in [4.69, 9.17) is 23.2 Å². The van der Waals surface area contributed by atoms with E-state index in [0.717, 1.165) is 12.1 Å². The Hall–Kier alpha value is -0.380. The van der Waals surface area contributed by atoms with E-state index in [1.807, 2.05) is 0 Å². The molecule has 0 aromatic carbocycles. The van der Waals surface area contributed by atoms with Crippen molar-refractivity contribution in [3.05, 3.63) is 22.2 Å². The van der Waals surface area contributed by atoms with Crippen LogP contribution >= 0.6 is 23.2 Å². The molecule has 0 aliphatic heterocycles. The number of halogens is 2. The zero-order valence-electron chi connectivity index (χ0n) is 10.0. The highest BCUT2D eigenvalue weighted by Gasteiger charge is 2.16. The van der Waals surface area contributed by atoms with Gasteiger partial charge in [0, 0.05) is 30.4 Å². The second kappa shape index (κ2) is 5.80. The van der Waals surface area contributed by atoms with Crippen LogP contribution < -0.4 is 0 Å². The Kier molecular flexibility index (Phi) is 4.96. The van der Waals surface area contributed by atoms with Crippen molar-refractivity contribution in [2.45, 2.75) is 46.3 Å². The fraction of sp³-hybridized carbons (Fsp3) is 0.636. The maximum atomic E-state index is 6.02. The fourth-order valence-corrected chi connectivity index (χ4v) is 2.00. The Balaban J connectivity index is 2.85. The lowest BCUT2D eigenvalue weighted by Crippen LogP contribution is -2.36. The van der Waals surface area contributed by atoms with Gasteiger partial charge in [-0.1, -0.05) is 11.6 Å². The summed E-state index contributed by atoms with van der Waals surface area (Å²) >= 11 is 11.7. The monoisotopic (exact) mass is 261 g/mol.